The molecule has 0 fully saturated rings. The number of benzene rings is 4. The van der Waals surface area contributed by atoms with E-state index >= 15 is 0 Å². The molecule has 4 nitrogen and oxygen atoms in total. The molecule has 1 N–H and O–H groups in total. The van der Waals surface area contributed by atoms with Crippen molar-refractivity contribution in [3.63, 3.8) is 0 Å². The van der Waals surface area contributed by atoms with Gasteiger partial charge in [0.15, 0.2) is 5.82 Å². The summed E-state index contributed by atoms with van der Waals surface area (Å²) in [6, 6.07) is 35.2. The van der Waals surface area contributed by atoms with Crippen LogP contribution >= 0.6 is 0 Å². The van der Waals surface area contributed by atoms with Crippen LogP contribution in [0.2, 0.25) is 0 Å². The molecule has 0 atom stereocenters. The summed E-state index contributed by atoms with van der Waals surface area (Å²) in [7, 11) is 0.410. The smallest absolute Gasteiger partial charge is 0.309 e. The molecule has 0 aliphatic heterocycles. The third kappa shape index (κ3) is 5.34. The van der Waals surface area contributed by atoms with E-state index in [1.807, 2.05) is 62.4 Å². The zero-order chi connectivity index (χ0) is 26.0. The maximum atomic E-state index is 10.4. The van der Waals surface area contributed by atoms with Crippen LogP contribution in [0, 0.1) is 0 Å². The maximum absolute atomic E-state index is 10.4. The van der Waals surface area contributed by atoms with E-state index in [2.05, 4.69) is 54.6 Å². The highest BCUT2D eigenvalue weighted by Crippen LogP contribution is 2.31. The highest BCUT2D eigenvalue weighted by Gasteiger charge is 2.35. The standard InChI is InChI=1S/C32H31BN2O2/c1-31(2,36)32(3,4)37-33-26-19-17-23(18-20-26)30-34-28-16-9-8-15-27(28)29(35-30)25-14-10-13-24(21-25)22-11-6-5-7-12-22/h5-21,33,36H,1-4H3. The van der Waals surface area contributed by atoms with Crippen molar-refractivity contribution in [3.8, 4) is 33.8 Å². The van der Waals surface area contributed by atoms with Crippen molar-refractivity contribution in [2.75, 3.05) is 0 Å². The normalized spacial score (nSPS) is 12.0. The van der Waals surface area contributed by atoms with Gasteiger partial charge in [0.1, 0.15) is 0 Å². The molecule has 37 heavy (non-hydrogen) atoms. The predicted molar refractivity (Wildman–Crippen MR) is 154 cm³/mol. The average molecular weight is 486 g/mol. The molecule has 0 saturated heterocycles. The molecule has 1 aromatic heterocycles. The number of nitrogens with zero attached hydrogens (tertiary/aromatic N) is 2. The highest BCUT2D eigenvalue weighted by atomic mass is 16.5. The SMILES string of the molecule is CC(C)(O)C(C)(C)OBc1ccc(-c2nc(-c3cccc(-c4ccccc4)c3)c3ccccc3n2)cc1. The lowest BCUT2D eigenvalue weighted by molar-refractivity contribution is -0.0893. The van der Waals surface area contributed by atoms with Crippen molar-refractivity contribution in [2.24, 2.45) is 0 Å². The molecule has 0 bridgehead atoms. The van der Waals surface area contributed by atoms with Gasteiger partial charge in [-0.3, -0.25) is 0 Å². The van der Waals surface area contributed by atoms with Gasteiger partial charge in [-0.1, -0.05) is 96.5 Å². The van der Waals surface area contributed by atoms with Crippen molar-refractivity contribution in [3.05, 3.63) is 103 Å². The molecule has 0 unspecified atom stereocenters. The van der Waals surface area contributed by atoms with Crippen LogP contribution in [0.25, 0.3) is 44.7 Å². The lowest BCUT2D eigenvalue weighted by Gasteiger charge is -2.37. The summed E-state index contributed by atoms with van der Waals surface area (Å²) in [6.45, 7) is 7.33. The number of aliphatic hydroxyl groups is 1. The maximum Gasteiger partial charge on any atom is 0.309 e. The highest BCUT2D eigenvalue weighted by molar-refractivity contribution is 6.47. The molecule has 5 rings (SSSR count). The number of para-hydroxylation sites is 1. The Kier molecular flexibility index (Phi) is 6.68. The molecule has 0 saturated carbocycles. The van der Waals surface area contributed by atoms with E-state index in [1.165, 1.54) is 5.56 Å². The van der Waals surface area contributed by atoms with E-state index in [4.69, 9.17) is 14.6 Å². The van der Waals surface area contributed by atoms with Gasteiger partial charge in [0.05, 0.1) is 22.4 Å². The zero-order valence-electron chi connectivity index (χ0n) is 21.8. The van der Waals surface area contributed by atoms with Crippen LogP contribution in [0.3, 0.4) is 0 Å². The number of aromatic nitrogens is 2. The quantitative estimate of drug-likeness (QED) is 0.280. The van der Waals surface area contributed by atoms with Crippen molar-refractivity contribution < 1.29 is 9.76 Å². The van der Waals surface area contributed by atoms with Gasteiger partial charge in [0, 0.05) is 16.5 Å². The summed E-state index contributed by atoms with van der Waals surface area (Å²) in [4.78, 5) is 9.93. The van der Waals surface area contributed by atoms with Crippen LogP contribution in [0.5, 0.6) is 0 Å². The lowest BCUT2D eigenvalue weighted by atomic mass is 9.82. The van der Waals surface area contributed by atoms with Crippen molar-refractivity contribution in [2.45, 2.75) is 38.9 Å². The number of hydrogen-bond acceptors (Lipinski definition) is 4. The summed E-state index contributed by atoms with van der Waals surface area (Å²) in [5, 5.41) is 11.4. The summed E-state index contributed by atoms with van der Waals surface area (Å²) in [5.41, 5.74) is 5.56. The minimum atomic E-state index is -0.944. The fourth-order valence-electron chi connectivity index (χ4n) is 4.09. The Morgan fingerprint density at radius 1 is 0.649 bits per heavy atom. The van der Waals surface area contributed by atoms with Gasteiger partial charge in [-0.05, 0) is 51.0 Å². The summed E-state index contributed by atoms with van der Waals surface area (Å²) >= 11 is 0. The first-order valence-corrected chi connectivity index (χ1v) is 12.6. The van der Waals surface area contributed by atoms with Crippen molar-refractivity contribution >= 4 is 23.8 Å². The first kappa shape index (κ1) is 24.9. The molecule has 0 radical (unpaired) electrons. The van der Waals surface area contributed by atoms with Crippen LogP contribution in [0.1, 0.15) is 27.7 Å². The summed E-state index contributed by atoms with van der Waals surface area (Å²) in [6.07, 6.45) is 0. The lowest BCUT2D eigenvalue weighted by Crippen LogP contribution is -2.49. The summed E-state index contributed by atoms with van der Waals surface area (Å²) < 4.78 is 6.03. The third-order valence-corrected chi connectivity index (χ3v) is 7.13. The van der Waals surface area contributed by atoms with Gasteiger partial charge in [0.25, 0.3) is 0 Å². The van der Waals surface area contributed by atoms with E-state index in [0.29, 0.717) is 13.3 Å². The Balaban J connectivity index is 1.49. The van der Waals surface area contributed by atoms with Crippen LogP contribution in [-0.2, 0) is 4.65 Å². The Bertz CT molecular complexity index is 1520. The molecular formula is C32H31BN2O2. The number of fused-ring (bicyclic) bond motifs is 1. The van der Waals surface area contributed by atoms with Gasteiger partial charge in [0.2, 0.25) is 0 Å². The fourth-order valence-corrected chi connectivity index (χ4v) is 4.09. The topological polar surface area (TPSA) is 55.2 Å². The average Bonchev–Trinajstić information content (AvgIpc) is 2.91. The van der Waals surface area contributed by atoms with E-state index in [9.17, 15) is 5.11 Å². The molecular weight excluding hydrogens is 455 g/mol. The van der Waals surface area contributed by atoms with Gasteiger partial charge < -0.3 is 9.76 Å². The van der Waals surface area contributed by atoms with E-state index < -0.39 is 11.2 Å². The minimum Gasteiger partial charge on any atom is -0.427 e. The Hall–Kier alpha value is -3.80. The van der Waals surface area contributed by atoms with Crippen molar-refractivity contribution in [1.82, 2.24) is 9.97 Å². The van der Waals surface area contributed by atoms with E-state index in [-0.39, 0.29) is 0 Å². The van der Waals surface area contributed by atoms with Gasteiger partial charge in [-0.15, -0.1) is 0 Å². The molecule has 5 heteroatoms. The van der Waals surface area contributed by atoms with E-state index in [0.717, 1.165) is 38.8 Å². The monoisotopic (exact) mass is 486 g/mol. The molecule has 184 valence electrons. The largest absolute Gasteiger partial charge is 0.427 e. The van der Waals surface area contributed by atoms with Gasteiger partial charge in [-0.2, -0.15) is 0 Å². The third-order valence-electron chi connectivity index (χ3n) is 7.13. The van der Waals surface area contributed by atoms with Gasteiger partial charge >= 0.3 is 7.48 Å². The fraction of sp³-hybridized carbons (Fsp3) is 0.188. The van der Waals surface area contributed by atoms with Crippen LogP contribution in [0.4, 0.5) is 0 Å². The second-order valence-corrected chi connectivity index (χ2v) is 10.4. The Morgan fingerprint density at radius 2 is 1.30 bits per heavy atom. The molecule has 5 aromatic rings. The number of hydrogen-bond donors (Lipinski definition) is 1. The number of rotatable bonds is 7. The van der Waals surface area contributed by atoms with Crippen LogP contribution < -0.4 is 5.46 Å². The van der Waals surface area contributed by atoms with Crippen LogP contribution in [0.15, 0.2) is 103 Å². The minimum absolute atomic E-state index is 0.410. The van der Waals surface area contributed by atoms with E-state index in [1.54, 1.807) is 13.8 Å². The second kappa shape index (κ2) is 9.93. The molecule has 0 aliphatic rings. The molecule has 4 aromatic carbocycles. The van der Waals surface area contributed by atoms with Crippen LogP contribution in [-0.4, -0.2) is 33.8 Å². The molecule has 1 heterocycles. The van der Waals surface area contributed by atoms with Crippen molar-refractivity contribution in [1.29, 1.82) is 0 Å². The second-order valence-electron chi connectivity index (χ2n) is 10.4. The molecule has 0 amide bonds. The Labute approximate surface area is 219 Å². The molecule has 0 aliphatic carbocycles. The Morgan fingerprint density at radius 3 is 2.03 bits per heavy atom. The summed E-state index contributed by atoms with van der Waals surface area (Å²) in [5.74, 6) is 0.683. The first-order valence-electron chi connectivity index (χ1n) is 12.6. The molecule has 0 spiro atoms. The first-order chi connectivity index (χ1) is 17.7. The van der Waals surface area contributed by atoms with Gasteiger partial charge in [-0.25, -0.2) is 9.97 Å². The predicted octanol–water partition coefficient (Wildman–Crippen LogP) is 6.17. The zero-order valence-corrected chi connectivity index (χ0v) is 21.8.